The number of benzene rings is 3. The summed E-state index contributed by atoms with van der Waals surface area (Å²) in [6.07, 6.45) is 14.4. The van der Waals surface area contributed by atoms with Crippen LogP contribution in [0.3, 0.4) is 0 Å². The van der Waals surface area contributed by atoms with E-state index >= 15 is 0 Å². The molecule has 5 aliphatic rings. The van der Waals surface area contributed by atoms with E-state index in [1.165, 1.54) is 34.0 Å². The summed E-state index contributed by atoms with van der Waals surface area (Å²) in [5.74, 6) is 2.24. The number of urea groups is 3. The van der Waals surface area contributed by atoms with Gasteiger partial charge in [-0.1, -0.05) is 34.0 Å². The summed E-state index contributed by atoms with van der Waals surface area (Å²) in [5.41, 5.74) is 5.30. The number of anilines is 6. The van der Waals surface area contributed by atoms with Gasteiger partial charge in [0.2, 0.25) is 17.8 Å². The summed E-state index contributed by atoms with van der Waals surface area (Å²) in [5, 5.41) is 27.3. The Hall–Kier alpha value is -10.5. The number of carbonyl (C=O) groups excluding carboxylic acids is 5. The zero-order valence-corrected chi connectivity index (χ0v) is 66.5. The van der Waals surface area contributed by atoms with Gasteiger partial charge >= 0.3 is 36.0 Å². The molecule has 6 amide bonds. The predicted octanol–water partition coefficient (Wildman–Crippen LogP) is 11.4. The molecule has 0 aliphatic carbocycles. The Kier molecular flexibility index (Phi) is 24.3. The molecule has 5 fully saturated rings. The fraction of sp³-hybridized carbons (Fsp3) is 0.480. The average molecular weight is 1560 g/mol. The Labute approximate surface area is 649 Å². The summed E-state index contributed by atoms with van der Waals surface area (Å²) in [6.45, 7) is 23.7. The average Bonchev–Trinajstić information content (AvgIpc) is 1.55. The molecule has 584 valence electrons. The van der Waals surface area contributed by atoms with Crippen LogP contribution in [0.15, 0.2) is 73.6 Å². The molecule has 0 atom stereocenters. The van der Waals surface area contributed by atoms with Crippen molar-refractivity contribution in [1.82, 2.24) is 69.8 Å². The first-order chi connectivity index (χ1) is 52.8. The lowest BCUT2D eigenvalue weighted by molar-refractivity contribution is -0.156. The number of carboxylic acids is 1. The van der Waals surface area contributed by atoms with E-state index in [1.807, 2.05) is 103 Å². The number of phenols is 1. The first-order valence-corrected chi connectivity index (χ1v) is 39.2. The van der Waals surface area contributed by atoms with Crippen molar-refractivity contribution < 1.29 is 57.9 Å². The van der Waals surface area contributed by atoms with Gasteiger partial charge in [0.25, 0.3) is 0 Å². The first kappa shape index (κ1) is 79.1. The Balaban J connectivity index is 0.000000154. The maximum Gasteiger partial charge on any atom is 0.328 e. The number of thiazole rings is 3. The Bertz CT molecular complexity index is 4810. The van der Waals surface area contributed by atoms with Crippen LogP contribution in [0.25, 0.3) is 64.0 Å². The molecule has 0 saturated carbocycles. The number of hydrogen-bond donors (Lipinski definition) is 4. The number of ether oxygens (including phenoxy) is 4. The molecule has 0 radical (unpaired) electrons. The quantitative estimate of drug-likeness (QED) is 0.0546. The molecule has 0 spiro atoms. The minimum absolute atomic E-state index is 0.0434. The molecule has 4 N–H and O–H groups in total. The summed E-state index contributed by atoms with van der Waals surface area (Å²) >= 11 is 4.09. The number of aromatic hydroxyl groups is 1. The van der Waals surface area contributed by atoms with Crippen molar-refractivity contribution in [3.8, 4) is 50.6 Å². The number of esters is 2. The lowest BCUT2D eigenvalue weighted by Crippen LogP contribution is -2.56. The van der Waals surface area contributed by atoms with Crippen molar-refractivity contribution in [3.05, 3.63) is 73.6 Å². The van der Waals surface area contributed by atoms with E-state index in [1.54, 1.807) is 84.0 Å². The first-order valence-electron chi connectivity index (χ1n) is 36.8. The Morgan fingerprint density at radius 2 is 0.855 bits per heavy atom. The van der Waals surface area contributed by atoms with Gasteiger partial charge in [-0.15, -0.1) is 0 Å². The topological polar surface area (TPSA) is 349 Å². The molecule has 9 aromatic rings. The van der Waals surface area contributed by atoms with Gasteiger partial charge in [0, 0.05) is 113 Å². The van der Waals surface area contributed by atoms with Gasteiger partial charge in [-0.05, 0) is 161 Å². The number of fused-ring (bicyclic) bond motifs is 3. The molecule has 5 aliphatic heterocycles. The van der Waals surface area contributed by atoms with Crippen molar-refractivity contribution in [2.45, 2.75) is 93.9 Å². The van der Waals surface area contributed by atoms with E-state index in [0.717, 1.165) is 48.3 Å². The van der Waals surface area contributed by atoms with Crippen LogP contribution in [0.5, 0.6) is 17.2 Å². The number of methoxy groups -OCH3 is 2. The van der Waals surface area contributed by atoms with Gasteiger partial charge in [-0.2, -0.15) is 0 Å². The number of carboxylic acid groups (broad SMARTS) is 1. The van der Waals surface area contributed by atoms with Gasteiger partial charge < -0.3 is 59.0 Å². The highest BCUT2D eigenvalue weighted by atomic mass is 32.1. The van der Waals surface area contributed by atoms with E-state index < -0.39 is 22.2 Å². The van der Waals surface area contributed by atoms with E-state index in [9.17, 15) is 39.0 Å². The van der Waals surface area contributed by atoms with Crippen LogP contribution in [0, 0.1) is 16.2 Å². The fourth-order valence-electron chi connectivity index (χ4n) is 13.6. The molecule has 14 rings (SSSR count). The van der Waals surface area contributed by atoms with E-state index in [0.29, 0.717) is 198 Å². The summed E-state index contributed by atoms with van der Waals surface area (Å²) in [4.78, 5) is 133. The van der Waals surface area contributed by atoms with Crippen LogP contribution in [-0.4, -0.2) is 238 Å². The van der Waals surface area contributed by atoms with Crippen molar-refractivity contribution in [1.29, 1.82) is 0 Å². The fourth-order valence-corrected chi connectivity index (χ4v) is 16.5. The van der Waals surface area contributed by atoms with Crippen LogP contribution in [0.4, 0.5) is 47.6 Å². The second-order valence-electron chi connectivity index (χ2n) is 28.5. The third-order valence-electron chi connectivity index (χ3n) is 20.6. The minimum Gasteiger partial charge on any atom is -0.506 e. The molecule has 6 aromatic heterocycles. The van der Waals surface area contributed by atoms with E-state index in [2.05, 4.69) is 60.2 Å². The molecule has 35 heteroatoms. The third kappa shape index (κ3) is 17.1. The van der Waals surface area contributed by atoms with Crippen LogP contribution in [0.1, 0.15) is 93.9 Å². The number of amides is 6. The molecule has 0 unspecified atom stereocenters. The maximum atomic E-state index is 13.0. The zero-order valence-electron chi connectivity index (χ0n) is 64.0. The number of nitrogens with one attached hydrogen (secondary N) is 2. The molecule has 0 bridgehead atoms. The lowest BCUT2D eigenvalue weighted by atomic mass is 9.80. The standard InChI is InChI=1S/C27H35N7O4S.C26H33N7O4S.C22H26N6O4S/c1-6-32-16-31(4)17-34(26(32)36)25-30-20-12-18(13-21(37-5)22(20)39-25)19-14-28-24(29-15-19)33-10-8-27(3,9-11-33)23(35)38-7-2;1-5-31-15-30(4)16-33(25(31)36)24-29-19-11-17(12-20(34)21(19)38-24)18-13-27-23(28-14-18)32-9-7-26(3,8-10-32)22(35)37-6-2;1-4-23-20(31)27-21-26-15-9-13(10-16(32-3)17(15)33-21)14-11-24-19(25-12-14)28-7-5-22(2,6-8-28)18(29)30/h12-15H,6-11,16-17H2,1-5H3;11-14,34H,5-10,15-16H2,1-4H3;9-12H,4-8H2,1-3H3,(H,29,30)(H2,23,26,27,31). The number of rotatable bonds is 19. The highest BCUT2D eigenvalue weighted by Crippen LogP contribution is 2.44. The second-order valence-corrected chi connectivity index (χ2v) is 31.5. The normalized spacial score (nSPS) is 17.3. The van der Waals surface area contributed by atoms with Crippen LogP contribution in [0.2, 0.25) is 0 Å². The van der Waals surface area contributed by atoms with E-state index in [4.69, 9.17) is 28.9 Å². The molecule has 32 nitrogen and oxygen atoms in total. The summed E-state index contributed by atoms with van der Waals surface area (Å²) < 4.78 is 24.1. The zero-order chi connectivity index (χ0) is 78.3. The van der Waals surface area contributed by atoms with Crippen LogP contribution in [-0.2, 0) is 23.9 Å². The summed E-state index contributed by atoms with van der Waals surface area (Å²) in [7, 11) is 7.17. The maximum absolute atomic E-state index is 13.0. The largest absolute Gasteiger partial charge is 0.506 e. The Morgan fingerprint density at radius 3 is 1.23 bits per heavy atom. The van der Waals surface area contributed by atoms with Gasteiger partial charge in [-0.3, -0.25) is 39.3 Å². The van der Waals surface area contributed by atoms with Crippen molar-refractivity contribution in [2.75, 3.05) is 157 Å². The van der Waals surface area contributed by atoms with Gasteiger partial charge in [0.05, 0.1) is 101 Å². The van der Waals surface area contributed by atoms with Crippen molar-refractivity contribution in [2.24, 2.45) is 16.2 Å². The Morgan fingerprint density at radius 1 is 0.491 bits per heavy atom. The predicted molar refractivity (Wildman–Crippen MR) is 424 cm³/mol. The molecule has 3 aromatic carbocycles. The smallest absolute Gasteiger partial charge is 0.328 e. The lowest BCUT2D eigenvalue weighted by Gasteiger charge is -2.38. The monoisotopic (exact) mass is 1560 g/mol. The SMILES string of the molecule is CCNC(=O)Nc1nc2cc(-c3cnc(N4CCC(C)(C(=O)O)CC4)nc3)cc(OC)c2s1.CCOC(=O)C1(C)CCN(c2ncc(-c3cc(O)c4sc(N5CN(C)CN(CC)C5=O)nc4c3)cn2)CC1.CCOC(=O)C1(C)CCN(c2ncc(-c3cc(OC)c4sc(N5CN(C)CN(CC)C5=O)nc4c3)cn2)CC1. The van der Waals surface area contributed by atoms with Gasteiger partial charge in [0.1, 0.15) is 17.2 Å². The van der Waals surface area contributed by atoms with Gasteiger partial charge in [0.15, 0.2) is 15.4 Å². The number of piperidine rings is 3. The minimum atomic E-state index is -0.755. The molecule has 5 saturated heterocycles. The molecular formula is C75H94N20O12S3. The highest BCUT2D eigenvalue weighted by Gasteiger charge is 2.42. The number of carbonyl (C=O) groups is 6. The number of hydrogen-bond acceptors (Lipinski definition) is 28. The second kappa shape index (κ2) is 33.8. The number of phenolic OH excluding ortho intramolecular Hbond substituents is 1. The van der Waals surface area contributed by atoms with E-state index in [-0.39, 0.29) is 35.8 Å². The van der Waals surface area contributed by atoms with Gasteiger partial charge in [-0.25, -0.2) is 59.2 Å². The highest BCUT2D eigenvalue weighted by molar-refractivity contribution is 7.23. The molecule has 110 heavy (non-hydrogen) atoms. The molecule has 11 heterocycles. The third-order valence-corrected chi connectivity index (χ3v) is 23.8. The number of nitrogens with zero attached hydrogens (tertiary/aromatic N) is 18. The van der Waals surface area contributed by atoms with Crippen molar-refractivity contribution >= 4 is 134 Å². The molecular weight excluding hydrogens is 1470 g/mol. The number of aliphatic carboxylic acids is 1. The van der Waals surface area contributed by atoms with Crippen molar-refractivity contribution in [3.63, 3.8) is 0 Å². The summed E-state index contributed by atoms with van der Waals surface area (Å²) in [6, 6.07) is 10.9. The van der Waals surface area contributed by atoms with Crippen LogP contribution < -0.4 is 44.6 Å². The van der Waals surface area contributed by atoms with Crippen LogP contribution >= 0.6 is 34.0 Å². The number of aromatic nitrogens is 9.